The summed E-state index contributed by atoms with van der Waals surface area (Å²) in [6, 6.07) is 14.3. The minimum absolute atomic E-state index is 0.0990. The third-order valence-electron chi connectivity index (χ3n) is 6.83. The third kappa shape index (κ3) is 5.37. The van der Waals surface area contributed by atoms with E-state index in [0.29, 0.717) is 25.2 Å². The van der Waals surface area contributed by atoms with Gasteiger partial charge < -0.3 is 9.72 Å². The molecule has 1 aliphatic heterocycles. The molecule has 0 spiro atoms. The summed E-state index contributed by atoms with van der Waals surface area (Å²) < 4.78 is 21.2. The Labute approximate surface area is 209 Å². The number of fused-ring (bicyclic) bond motifs is 1. The van der Waals surface area contributed by atoms with E-state index in [1.54, 1.807) is 12.1 Å². The molecule has 1 fully saturated rings. The van der Waals surface area contributed by atoms with E-state index in [2.05, 4.69) is 38.4 Å². The summed E-state index contributed by atoms with van der Waals surface area (Å²) in [5.74, 6) is 0.461. The van der Waals surface area contributed by atoms with E-state index in [9.17, 15) is 9.18 Å². The van der Waals surface area contributed by atoms with Gasteiger partial charge in [-0.3, -0.25) is 9.69 Å². The minimum atomic E-state index is -0.279. The Bertz CT molecular complexity index is 1380. The average molecular weight is 491 g/mol. The zero-order chi connectivity index (χ0) is 25.1. The van der Waals surface area contributed by atoms with Crippen LogP contribution in [-0.4, -0.2) is 42.8 Å². The van der Waals surface area contributed by atoms with Gasteiger partial charge in [0.25, 0.3) is 5.56 Å². The molecule has 36 heavy (non-hydrogen) atoms. The molecule has 0 aliphatic carbocycles. The number of benzene rings is 2. The number of tetrazole rings is 1. The van der Waals surface area contributed by atoms with Crippen molar-refractivity contribution in [2.24, 2.45) is 0 Å². The zero-order valence-corrected chi connectivity index (χ0v) is 20.7. The zero-order valence-electron chi connectivity index (χ0n) is 20.7. The van der Waals surface area contributed by atoms with E-state index < -0.39 is 0 Å². The van der Waals surface area contributed by atoms with Gasteiger partial charge in [0, 0.05) is 30.8 Å². The highest BCUT2D eigenvalue weighted by atomic mass is 19.1. The highest BCUT2D eigenvalue weighted by Crippen LogP contribution is 2.27. The van der Waals surface area contributed by atoms with Crippen LogP contribution in [-0.2, 0) is 24.4 Å². The lowest BCUT2D eigenvalue weighted by Gasteiger charge is -2.30. The summed E-state index contributed by atoms with van der Waals surface area (Å²) in [4.78, 5) is 18.3. The van der Waals surface area contributed by atoms with Gasteiger partial charge in [0.2, 0.25) is 0 Å². The number of aryl methyl sites for hydroxylation is 1. The Morgan fingerprint density at radius 3 is 2.78 bits per heavy atom. The van der Waals surface area contributed by atoms with Gasteiger partial charge in [-0.05, 0) is 77.9 Å². The van der Waals surface area contributed by atoms with Crippen LogP contribution in [0.1, 0.15) is 54.7 Å². The first kappa shape index (κ1) is 24.3. The van der Waals surface area contributed by atoms with Crippen LogP contribution in [0, 0.1) is 12.7 Å². The van der Waals surface area contributed by atoms with Crippen LogP contribution in [0.4, 0.5) is 4.39 Å². The van der Waals surface area contributed by atoms with Gasteiger partial charge in [0.1, 0.15) is 5.82 Å². The van der Waals surface area contributed by atoms with E-state index in [4.69, 9.17) is 4.74 Å². The first-order valence-corrected chi connectivity index (χ1v) is 12.5. The molecule has 1 saturated heterocycles. The SMILES string of the molecule is CC[C@@H](c1nnnn1C[C@H]1CCCO1)N(Cc1ccc(F)cc1)Cc1cc2cc(C)ccc2[nH]c1=O. The van der Waals surface area contributed by atoms with Gasteiger partial charge in [-0.1, -0.05) is 30.7 Å². The van der Waals surface area contributed by atoms with E-state index in [0.717, 1.165) is 53.7 Å². The van der Waals surface area contributed by atoms with Crippen LogP contribution < -0.4 is 5.56 Å². The van der Waals surface area contributed by atoms with Crippen LogP contribution in [0.2, 0.25) is 0 Å². The highest BCUT2D eigenvalue weighted by molar-refractivity contribution is 5.79. The van der Waals surface area contributed by atoms with Crippen LogP contribution in [0.25, 0.3) is 10.9 Å². The Kier molecular flexibility index (Phi) is 7.20. The van der Waals surface area contributed by atoms with Crippen LogP contribution in [0.5, 0.6) is 0 Å². The second-order valence-corrected chi connectivity index (χ2v) is 9.52. The molecule has 0 saturated carbocycles. The molecule has 4 aromatic rings. The first-order valence-electron chi connectivity index (χ1n) is 12.5. The molecular weight excluding hydrogens is 459 g/mol. The fourth-order valence-electron chi connectivity index (χ4n) is 4.97. The van der Waals surface area contributed by atoms with Crippen molar-refractivity contribution in [2.45, 2.75) is 64.9 Å². The normalized spacial score (nSPS) is 16.7. The van der Waals surface area contributed by atoms with Crippen molar-refractivity contribution in [3.63, 3.8) is 0 Å². The fourth-order valence-corrected chi connectivity index (χ4v) is 4.97. The number of rotatable bonds is 9. The number of H-pyrrole nitrogens is 1. The van der Waals surface area contributed by atoms with Gasteiger partial charge in [-0.2, -0.15) is 0 Å². The lowest BCUT2D eigenvalue weighted by Crippen LogP contribution is -2.33. The van der Waals surface area contributed by atoms with Crippen molar-refractivity contribution in [1.29, 1.82) is 0 Å². The second-order valence-electron chi connectivity index (χ2n) is 9.52. The summed E-state index contributed by atoms with van der Waals surface area (Å²) in [6.45, 7) is 6.38. The van der Waals surface area contributed by atoms with Crippen molar-refractivity contribution < 1.29 is 9.13 Å². The molecule has 0 unspecified atom stereocenters. The maximum Gasteiger partial charge on any atom is 0.252 e. The Balaban J connectivity index is 1.50. The standard InChI is InChI=1S/C27H31FN6O2/c1-3-25(26-30-31-32-34(26)17-23-5-4-12-36-23)33(15-19-7-9-22(28)10-8-19)16-21-14-20-13-18(2)6-11-24(20)29-27(21)35/h6-11,13-14,23,25H,3-5,12,15-17H2,1-2H3,(H,29,35)/t23-,25+/m1/s1. The number of halogens is 1. The first-order chi connectivity index (χ1) is 17.5. The summed E-state index contributed by atoms with van der Waals surface area (Å²) >= 11 is 0. The summed E-state index contributed by atoms with van der Waals surface area (Å²) in [7, 11) is 0. The Morgan fingerprint density at radius 2 is 2.03 bits per heavy atom. The van der Waals surface area contributed by atoms with Crippen molar-refractivity contribution in [1.82, 2.24) is 30.1 Å². The van der Waals surface area contributed by atoms with Gasteiger partial charge in [-0.25, -0.2) is 9.07 Å². The van der Waals surface area contributed by atoms with E-state index in [1.165, 1.54) is 12.1 Å². The van der Waals surface area contributed by atoms with E-state index in [1.807, 2.05) is 29.8 Å². The summed E-state index contributed by atoms with van der Waals surface area (Å²) in [5, 5.41) is 13.6. The lowest BCUT2D eigenvalue weighted by molar-refractivity contribution is 0.0888. The topological polar surface area (TPSA) is 88.9 Å². The van der Waals surface area contributed by atoms with Crippen LogP contribution >= 0.6 is 0 Å². The quantitative estimate of drug-likeness (QED) is 0.376. The summed E-state index contributed by atoms with van der Waals surface area (Å²) in [5.41, 5.74) is 3.42. The molecular formula is C27H31FN6O2. The molecule has 0 bridgehead atoms. The molecule has 2 aromatic carbocycles. The van der Waals surface area contributed by atoms with Crippen LogP contribution in [0.3, 0.4) is 0 Å². The number of ether oxygens (including phenoxy) is 1. The maximum absolute atomic E-state index is 13.6. The molecule has 0 amide bonds. The molecule has 2 aromatic heterocycles. The van der Waals surface area contributed by atoms with Crippen LogP contribution in [0.15, 0.2) is 53.3 Å². The monoisotopic (exact) mass is 490 g/mol. The van der Waals surface area contributed by atoms with E-state index >= 15 is 0 Å². The highest BCUT2D eigenvalue weighted by Gasteiger charge is 2.28. The lowest BCUT2D eigenvalue weighted by atomic mass is 10.1. The van der Waals surface area contributed by atoms with Crippen molar-refractivity contribution in [3.05, 3.63) is 87.2 Å². The molecule has 8 nitrogen and oxygen atoms in total. The average Bonchev–Trinajstić information content (AvgIpc) is 3.55. The molecule has 3 heterocycles. The predicted molar refractivity (Wildman–Crippen MR) is 135 cm³/mol. The van der Waals surface area contributed by atoms with Crippen molar-refractivity contribution in [3.8, 4) is 0 Å². The number of nitrogens with one attached hydrogen (secondary N) is 1. The van der Waals surface area contributed by atoms with Crippen molar-refractivity contribution >= 4 is 10.9 Å². The van der Waals surface area contributed by atoms with Gasteiger partial charge in [0.15, 0.2) is 5.82 Å². The van der Waals surface area contributed by atoms with Crippen molar-refractivity contribution in [2.75, 3.05) is 6.61 Å². The summed E-state index contributed by atoms with van der Waals surface area (Å²) in [6.07, 6.45) is 2.86. The second kappa shape index (κ2) is 10.7. The van der Waals surface area contributed by atoms with Gasteiger partial charge in [-0.15, -0.1) is 5.10 Å². The largest absolute Gasteiger partial charge is 0.376 e. The number of pyridine rings is 1. The Morgan fingerprint density at radius 1 is 1.19 bits per heavy atom. The fraction of sp³-hybridized carbons (Fsp3) is 0.407. The molecule has 1 aliphatic rings. The number of hydrogen-bond donors (Lipinski definition) is 1. The number of aromatic amines is 1. The maximum atomic E-state index is 13.6. The van der Waals surface area contributed by atoms with Gasteiger partial charge in [0.05, 0.1) is 18.7 Å². The predicted octanol–water partition coefficient (Wildman–Crippen LogP) is 4.29. The van der Waals surface area contributed by atoms with Gasteiger partial charge >= 0.3 is 0 Å². The Hall–Kier alpha value is -3.43. The smallest absolute Gasteiger partial charge is 0.252 e. The minimum Gasteiger partial charge on any atom is -0.376 e. The number of nitrogens with zero attached hydrogens (tertiary/aromatic N) is 5. The number of aromatic nitrogens is 5. The molecule has 1 N–H and O–H groups in total. The van der Waals surface area contributed by atoms with E-state index in [-0.39, 0.29) is 23.5 Å². The molecule has 5 rings (SSSR count). The third-order valence-corrected chi connectivity index (χ3v) is 6.83. The molecule has 9 heteroatoms. The molecule has 188 valence electrons. The number of hydrogen-bond acceptors (Lipinski definition) is 6. The molecule has 0 radical (unpaired) electrons. The molecule has 2 atom stereocenters.